The van der Waals surface area contributed by atoms with E-state index >= 15 is 0 Å². The molecule has 0 aliphatic heterocycles. The Bertz CT molecular complexity index is 691. The number of esters is 1. The number of hydrogen-bond donors (Lipinski definition) is 0. The van der Waals surface area contributed by atoms with Crippen molar-refractivity contribution in [2.24, 2.45) is 0 Å². The summed E-state index contributed by atoms with van der Waals surface area (Å²) in [7, 11) is 1.45. The Morgan fingerprint density at radius 2 is 1.74 bits per heavy atom. The van der Waals surface area contributed by atoms with Crippen LogP contribution < -0.4 is 4.74 Å². The average molecular weight is 324 g/mol. The molecule has 0 heterocycles. The number of rotatable bonds is 4. The van der Waals surface area contributed by atoms with Crippen LogP contribution in [-0.2, 0) is 10.9 Å². The number of hydrogen-bond acceptors (Lipinski definition) is 3. The highest BCUT2D eigenvalue weighted by Gasteiger charge is 2.30. The molecule has 0 aliphatic carbocycles. The summed E-state index contributed by atoms with van der Waals surface area (Å²) < 4.78 is 48.1. The van der Waals surface area contributed by atoms with Crippen LogP contribution in [0.5, 0.6) is 5.75 Å². The highest BCUT2D eigenvalue weighted by molar-refractivity contribution is 5.92. The number of halogens is 3. The Hall–Kier alpha value is -2.50. The molecule has 6 heteroatoms. The minimum atomic E-state index is -4.39. The van der Waals surface area contributed by atoms with Crippen molar-refractivity contribution in [3.8, 4) is 16.9 Å². The standard InChI is InChI=1S/C17H15F3O3/c1-3-23-16(21)12-6-9-15(22-2)14(10-12)11-4-7-13(8-5-11)17(18,19)20/h4-10H,3H2,1-2H3. The van der Waals surface area contributed by atoms with Gasteiger partial charge < -0.3 is 9.47 Å². The normalized spacial score (nSPS) is 11.2. The zero-order chi connectivity index (χ0) is 17.0. The highest BCUT2D eigenvalue weighted by Crippen LogP contribution is 2.34. The van der Waals surface area contributed by atoms with Crippen LogP contribution in [0.15, 0.2) is 42.5 Å². The molecule has 0 radical (unpaired) electrons. The first-order valence-corrected chi connectivity index (χ1v) is 6.89. The number of alkyl halides is 3. The second kappa shape index (κ2) is 6.73. The van der Waals surface area contributed by atoms with E-state index in [0.29, 0.717) is 22.4 Å². The zero-order valence-corrected chi connectivity index (χ0v) is 12.6. The summed E-state index contributed by atoms with van der Waals surface area (Å²) in [4.78, 5) is 11.8. The lowest BCUT2D eigenvalue weighted by molar-refractivity contribution is -0.137. The molecule has 2 aromatic rings. The first-order valence-electron chi connectivity index (χ1n) is 6.89. The van der Waals surface area contributed by atoms with Crippen molar-refractivity contribution >= 4 is 5.97 Å². The summed E-state index contributed by atoms with van der Waals surface area (Å²) in [5.74, 6) is -0.0406. The Kier molecular flexibility index (Phi) is 4.93. The maximum atomic E-state index is 12.6. The second-order valence-corrected chi connectivity index (χ2v) is 4.71. The van der Waals surface area contributed by atoms with Gasteiger partial charge in [-0.05, 0) is 42.8 Å². The van der Waals surface area contributed by atoms with Crippen LogP contribution in [-0.4, -0.2) is 19.7 Å². The molecule has 0 spiro atoms. The Morgan fingerprint density at radius 1 is 1.09 bits per heavy atom. The van der Waals surface area contributed by atoms with E-state index in [9.17, 15) is 18.0 Å². The molecule has 0 bridgehead atoms. The molecular formula is C17H15F3O3. The fraction of sp³-hybridized carbons (Fsp3) is 0.235. The van der Waals surface area contributed by atoms with Gasteiger partial charge in [0, 0.05) is 5.56 Å². The van der Waals surface area contributed by atoms with Gasteiger partial charge in [0.2, 0.25) is 0 Å². The van der Waals surface area contributed by atoms with Crippen LogP contribution >= 0.6 is 0 Å². The van der Waals surface area contributed by atoms with Crippen LogP contribution in [0.4, 0.5) is 13.2 Å². The molecule has 122 valence electrons. The van der Waals surface area contributed by atoms with E-state index in [4.69, 9.17) is 9.47 Å². The Morgan fingerprint density at radius 3 is 2.26 bits per heavy atom. The van der Waals surface area contributed by atoms with E-state index in [0.717, 1.165) is 12.1 Å². The molecule has 0 aliphatic rings. The smallest absolute Gasteiger partial charge is 0.416 e. The van der Waals surface area contributed by atoms with Gasteiger partial charge in [-0.3, -0.25) is 0 Å². The van der Waals surface area contributed by atoms with Crippen LogP contribution in [0.2, 0.25) is 0 Å². The van der Waals surface area contributed by atoms with Crippen molar-refractivity contribution in [2.45, 2.75) is 13.1 Å². The number of methoxy groups -OCH3 is 1. The van der Waals surface area contributed by atoms with E-state index in [1.165, 1.54) is 19.2 Å². The lowest BCUT2D eigenvalue weighted by atomic mass is 10.0. The second-order valence-electron chi connectivity index (χ2n) is 4.71. The predicted molar refractivity (Wildman–Crippen MR) is 79.4 cm³/mol. The first kappa shape index (κ1) is 16.9. The molecule has 2 aromatic carbocycles. The van der Waals surface area contributed by atoms with Gasteiger partial charge >= 0.3 is 12.1 Å². The Labute approximate surface area is 131 Å². The maximum absolute atomic E-state index is 12.6. The molecule has 0 amide bonds. The van der Waals surface area contributed by atoms with Gasteiger partial charge in [-0.1, -0.05) is 12.1 Å². The van der Waals surface area contributed by atoms with E-state index in [-0.39, 0.29) is 6.61 Å². The molecule has 0 fully saturated rings. The van der Waals surface area contributed by atoms with E-state index in [2.05, 4.69) is 0 Å². The van der Waals surface area contributed by atoms with Gasteiger partial charge in [0.1, 0.15) is 5.75 Å². The summed E-state index contributed by atoms with van der Waals surface area (Å²) in [6.07, 6.45) is -4.39. The third-order valence-electron chi connectivity index (χ3n) is 3.23. The summed E-state index contributed by atoms with van der Waals surface area (Å²) in [5.41, 5.74) is 0.608. The molecule has 0 saturated heterocycles. The topological polar surface area (TPSA) is 35.5 Å². The van der Waals surface area contributed by atoms with Gasteiger partial charge in [-0.2, -0.15) is 13.2 Å². The fourth-order valence-corrected chi connectivity index (χ4v) is 2.11. The van der Waals surface area contributed by atoms with Gasteiger partial charge in [0.15, 0.2) is 0 Å². The molecule has 23 heavy (non-hydrogen) atoms. The minimum Gasteiger partial charge on any atom is -0.496 e. The van der Waals surface area contributed by atoms with Gasteiger partial charge in [-0.15, -0.1) is 0 Å². The quantitative estimate of drug-likeness (QED) is 0.774. The Balaban J connectivity index is 2.44. The van der Waals surface area contributed by atoms with Crippen molar-refractivity contribution in [3.05, 3.63) is 53.6 Å². The van der Waals surface area contributed by atoms with Crippen molar-refractivity contribution in [2.75, 3.05) is 13.7 Å². The number of carbonyl (C=O) groups is 1. The summed E-state index contributed by atoms with van der Waals surface area (Å²) in [6, 6.07) is 9.34. The zero-order valence-electron chi connectivity index (χ0n) is 12.6. The lowest BCUT2D eigenvalue weighted by Crippen LogP contribution is -2.05. The average Bonchev–Trinajstić information content (AvgIpc) is 2.54. The van der Waals surface area contributed by atoms with Crippen molar-refractivity contribution < 1.29 is 27.4 Å². The number of ether oxygens (including phenoxy) is 2. The number of carbonyl (C=O) groups excluding carboxylic acids is 1. The molecule has 0 atom stereocenters. The van der Waals surface area contributed by atoms with Crippen molar-refractivity contribution in [1.82, 2.24) is 0 Å². The molecular weight excluding hydrogens is 309 g/mol. The molecule has 0 saturated carbocycles. The summed E-state index contributed by atoms with van der Waals surface area (Å²) >= 11 is 0. The van der Waals surface area contributed by atoms with Gasteiger partial charge in [-0.25, -0.2) is 4.79 Å². The van der Waals surface area contributed by atoms with Gasteiger partial charge in [0.05, 0.1) is 24.8 Å². The van der Waals surface area contributed by atoms with Crippen molar-refractivity contribution in [1.29, 1.82) is 0 Å². The monoisotopic (exact) mass is 324 g/mol. The maximum Gasteiger partial charge on any atom is 0.416 e. The molecule has 0 N–H and O–H groups in total. The minimum absolute atomic E-state index is 0.237. The summed E-state index contributed by atoms with van der Waals surface area (Å²) in [6.45, 7) is 1.93. The predicted octanol–water partition coefficient (Wildman–Crippen LogP) is 4.56. The fourth-order valence-electron chi connectivity index (χ4n) is 2.11. The lowest BCUT2D eigenvalue weighted by Gasteiger charge is -2.12. The van der Waals surface area contributed by atoms with Crippen LogP contribution in [0.25, 0.3) is 11.1 Å². The third-order valence-corrected chi connectivity index (χ3v) is 3.23. The van der Waals surface area contributed by atoms with Crippen LogP contribution in [0.3, 0.4) is 0 Å². The van der Waals surface area contributed by atoms with E-state index in [1.807, 2.05) is 0 Å². The van der Waals surface area contributed by atoms with Crippen molar-refractivity contribution in [3.63, 3.8) is 0 Å². The largest absolute Gasteiger partial charge is 0.496 e. The first-order chi connectivity index (χ1) is 10.9. The molecule has 0 unspecified atom stereocenters. The molecule has 0 aromatic heterocycles. The van der Waals surface area contributed by atoms with E-state index in [1.54, 1.807) is 25.1 Å². The number of benzene rings is 2. The van der Waals surface area contributed by atoms with E-state index < -0.39 is 17.7 Å². The summed E-state index contributed by atoms with van der Waals surface area (Å²) in [5, 5.41) is 0. The third kappa shape index (κ3) is 3.83. The van der Waals surface area contributed by atoms with Gasteiger partial charge in [0.25, 0.3) is 0 Å². The van der Waals surface area contributed by atoms with Crippen LogP contribution in [0.1, 0.15) is 22.8 Å². The highest BCUT2D eigenvalue weighted by atomic mass is 19.4. The SMILES string of the molecule is CCOC(=O)c1ccc(OC)c(-c2ccc(C(F)(F)F)cc2)c1. The molecule has 3 nitrogen and oxygen atoms in total. The molecule has 2 rings (SSSR count). The van der Waals surface area contributed by atoms with Crippen LogP contribution in [0, 0.1) is 0 Å².